The first-order valence-electron chi connectivity index (χ1n) is 7.79. The van der Waals surface area contributed by atoms with E-state index in [1.807, 2.05) is 24.3 Å². The highest BCUT2D eigenvalue weighted by Crippen LogP contribution is 2.19. The second kappa shape index (κ2) is 9.08. The lowest BCUT2D eigenvalue weighted by molar-refractivity contribution is -0.116. The summed E-state index contributed by atoms with van der Waals surface area (Å²) >= 11 is 0. The molecule has 2 rings (SSSR count). The molecule has 0 radical (unpaired) electrons. The predicted octanol–water partition coefficient (Wildman–Crippen LogP) is 3.27. The Labute approximate surface area is 144 Å². The fourth-order valence-electron chi connectivity index (χ4n) is 2.29. The highest BCUT2D eigenvalue weighted by molar-refractivity contribution is 5.90. The molecular weight excluding hydrogens is 333 g/mol. The van der Waals surface area contributed by atoms with Crippen LogP contribution in [0.2, 0.25) is 0 Å². The first-order valence-corrected chi connectivity index (χ1v) is 7.79. The number of benzene rings is 2. The minimum Gasteiger partial charge on any atom is -0.496 e. The van der Waals surface area contributed by atoms with Gasteiger partial charge in [-0.3, -0.25) is 4.79 Å². The van der Waals surface area contributed by atoms with Crippen LogP contribution in [0, 0.1) is 17.5 Å². The molecule has 2 N–H and O–H groups in total. The Balaban J connectivity index is 1.73. The number of para-hydroxylation sites is 1. The van der Waals surface area contributed by atoms with Gasteiger partial charge in [0.2, 0.25) is 5.91 Å². The van der Waals surface area contributed by atoms with Crippen LogP contribution in [0.4, 0.5) is 18.9 Å². The SMILES string of the molecule is COc1ccccc1CCNCCC(=O)Nc1ccc(F)c(F)c1F. The third-order valence-electron chi connectivity index (χ3n) is 3.60. The molecule has 0 spiro atoms. The summed E-state index contributed by atoms with van der Waals surface area (Å²) in [5, 5.41) is 5.32. The molecule has 134 valence electrons. The average Bonchev–Trinajstić information content (AvgIpc) is 2.62. The summed E-state index contributed by atoms with van der Waals surface area (Å²) in [6.45, 7) is 0.999. The molecule has 0 aromatic heterocycles. The number of carbonyl (C=O) groups excluding carboxylic acids is 1. The fraction of sp³-hybridized carbons (Fsp3) is 0.278. The Morgan fingerprint density at radius 3 is 2.56 bits per heavy atom. The molecule has 0 saturated carbocycles. The van der Waals surface area contributed by atoms with Gasteiger partial charge in [0, 0.05) is 13.0 Å². The van der Waals surface area contributed by atoms with E-state index in [-0.39, 0.29) is 12.1 Å². The maximum absolute atomic E-state index is 13.5. The highest BCUT2D eigenvalue weighted by Gasteiger charge is 2.14. The number of amides is 1. The van der Waals surface area contributed by atoms with E-state index in [9.17, 15) is 18.0 Å². The van der Waals surface area contributed by atoms with Gasteiger partial charge in [0.15, 0.2) is 17.5 Å². The van der Waals surface area contributed by atoms with Crippen molar-refractivity contribution in [2.24, 2.45) is 0 Å². The summed E-state index contributed by atoms with van der Waals surface area (Å²) in [6.07, 6.45) is 0.799. The van der Waals surface area contributed by atoms with Crippen molar-refractivity contribution in [1.82, 2.24) is 5.32 Å². The molecular formula is C18H19F3N2O2. The van der Waals surface area contributed by atoms with E-state index >= 15 is 0 Å². The minimum atomic E-state index is -1.60. The van der Waals surface area contributed by atoms with Crippen LogP contribution in [0.15, 0.2) is 36.4 Å². The molecule has 0 aliphatic rings. The number of hydrogen-bond acceptors (Lipinski definition) is 3. The lowest BCUT2D eigenvalue weighted by Gasteiger charge is -2.10. The van der Waals surface area contributed by atoms with Crippen molar-refractivity contribution in [3.8, 4) is 5.75 Å². The first-order chi connectivity index (χ1) is 12.0. The number of halogens is 3. The quantitative estimate of drug-likeness (QED) is 0.566. The number of hydrogen-bond donors (Lipinski definition) is 2. The highest BCUT2D eigenvalue weighted by atomic mass is 19.2. The molecule has 0 heterocycles. The number of anilines is 1. The minimum absolute atomic E-state index is 0.0738. The number of carbonyl (C=O) groups is 1. The van der Waals surface area contributed by atoms with E-state index in [1.165, 1.54) is 0 Å². The summed E-state index contributed by atoms with van der Waals surface area (Å²) < 4.78 is 44.6. The Morgan fingerprint density at radius 1 is 1.04 bits per heavy atom. The van der Waals surface area contributed by atoms with Crippen molar-refractivity contribution in [3.63, 3.8) is 0 Å². The third-order valence-corrected chi connectivity index (χ3v) is 3.60. The lowest BCUT2D eigenvalue weighted by Crippen LogP contribution is -2.24. The summed E-state index contributed by atoms with van der Waals surface area (Å²) in [7, 11) is 1.61. The van der Waals surface area contributed by atoms with Gasteiger partial charge in [0.25, 0.3) is 0 Å². The standard InChI is InChI=1S/C18H19F3N2O2/c1-25-15-5-3-2-4-12(15)8-10-22-11-9-16(24)23-14-7-6-13(19)17(20)18(14)21/h2-7,22H,8-11H2,1H3,(H,23,24). The molecule has 0 atom stereocenters. The van der Waals surface area contributed by atoms with Crippen molar-refractivity contribution >= 4 is 11.6 Å². The molecule has 0 aliphatic carbocycles. The smallest absolute Gasteiger partial charge is 0.225 e. The van der Waals surface area contributed by atoms with Crippen molar-refractivity contribution in [2.45, 2.75) is 12.8 Å². The largest absolute Gasteiger partial charge is 0.496 e. The van der Waals surface area contributed by atoms with Crippen molar-refractivity contribution < 1.29 is 22.7 Å². The summed E-state index contributed by atoms with van der Waals surface area (Å²) in [6, 6.07) is 9.39. The monoisotopic (exact) mass is 352 g/mol. The third kappa shape index (κ3) is 5.22. The molecule has 0 unspecified atom stereocenters. The Bertz CT molecular complexity index is 738. The van der Waals surface area contributed by atoms with Crippen molar-refractivity contribution in [1.29, 1.82) is 0 Å². The van der Waals surface area contributed by atoms with Gasteiger partial charge in [0.1, 0.15) is 5.75 Å². The van der Waals surface area contributed by atoms with E-state index < -0.39 is 23.4 Å². The van der Waals surface area contributed by atoms with Gasteiger partial charge in [-0.25, -0.2) is 13.2 Å². The van der Waals surface area contributed by atoms with Crippen LogP contribution in [0.5, 0.6) is 5.75 Å². The molecule has 0 bridgehead atoms. The van der Waals surface area contributed by atoms with Crippen LogP contribution in [-0.2, 0) is 11.2 Å². The zero-order valence-corrected chi connectivity index (χ0v) is 13.7. The number of nitrogens with one attached hydrogen (secondary N) is 2. The summed E-state index contributed by atoms with van der Waals surface area (Å²) in [5.41, 5.74) is 0.670. The van der Waals surface area contributed by atoms with Crippen molar-refractivity contribution in [3.05, 3.63) is 59.4 Å². The zero-order valence-electron chi connectivity index (χ0n) is 13.7. The molecule has 2 aromatic rings. The maximum Gasteiger partial charge on any atom is 0.225 e. The topological polar surface area (TPSA) is 50.4 Å². The molecule has 7 heteroatoms. The van der Waals surface area contributed by atoms with Gasteiger partial charge in [-0.15, -0.1) is 0 Å². The molecule has 25 heavy (non-hydrogen) atoms. The second-order valence-corrected chi connectivity index (χ2v) is 5.33. The average molecular weight is 352 g/mol. The number of rotatable bonds is 8. The van der Waals surface area contributed by atoms with Crippen LogP contribution in [0.1, 0.15) is 12.0 Å². The van der Waals surface area contributed by atoms with Crippen molar-refractivity contribution in [2.75, 3.05) is 25.5 Å². The van der Waals surface area contributed by atoms with E-state index in [0.717, 1.165) is 29.9 Å². The van der Waals surface area contributed by atoms with Gasteiger partial charge in [0.05, 0.1) is 12.8 Å². The van der Waals surface area contributed by atoms with Gasteiger partial charge in [-0.2, -0.15) is 0 Å². The fourth-order valence-corrected chi connectivity index (χ4v) is 2.29. The van der Waals surface area contributed by atoms with Gasteiger partial charge in [-0.1, -0.05) is 18.2 Å². The number of ether oxygens (including phenoxy) is 1. The molecule has 0 saturated heterocycles. The lowest BCUT2D eigenvalue weighted by atomic mass is 10.1. The first kappa shape index (κ1) is 18.8. The molecule has 2 aromatic carbocycles. The maximum atomic E-state index is 13.5. The number of methoxy groups -OCH3 is 1. The van der Waals surface area contributed by atoms with Gasteiger partial charge >= 0.3 is 0 Å². The molecule has 4 nitrogen and oxygen atoms in total. The van der Waals surface area contributed by atoms with Gasteiger partial charge < -0.3 is 15.4 Å². The van der Waals surface area contributed by atoms with Crippen LogP contribution in [0.3, 0.4) is 0 Å². The molecule has 0 fully saturated rings. The normalized spacial score (nSPS) is 10.6. The van der Waals surface area contributed by atoms with Crippen LogP contribution < -0.4 is 15.4 Å². The Hall–Kier alpha value is -2.54. The molecule has 1 amide bonds. The summed E-state index contributed by atoms with van der Waals surface area (Å²) in [5.74, 6) is -4.00. The molecule has 0 aliphatic heterocycles. The van der Waals surface area contributed by atoms with E-state index in [4.69, 9.17) is 4.74 Å². The van der Waals surface area contributed by atoms with E-state index in [1.54, 1.807) is 7.11 Å². The predicted molar refractivity (Wildman–Crippen MR) is 89.1 cm³/mol. The van der Waals surface area contributed by atoms with Crippen LogP contribution >= 0.6 is 0 Å². The zero-order chi connectivity index (χ0) is 18.2. The van der Waals surface area contributed by atoms with Crippen LogP contribution in [-0.4, -0.2) is 26.1 Å². The Kier molecular flexibility index (Phi) is 6.82. The summed E-state index contributed by atoms with van der Waals surface area (Å²) in [4.78, 5) is 11.7. The van der Waals surface area contributed by atoms with E-state index in [0.29, 0.717) is 13.1 Å². The van der Waals surface area contributed by atoms with Gasteiger partial charge in [-0.05, 0) is 36.7 Å². The van der Waals surface area contributed by atoms with Crippen LogP contribution in [0.25, 0.3) is 0 Å². The second-order valence-electron chi connectivity index (χ2n) is 5.33. The van der Waals surface area contributed by atoms with E-state index in [2.05, 4.69) is 10.6 Å². The Morgan fingerprint density at radius 2 is 1.80 bits per heavy atom.